The van der Waals surface area contributed by atoms with Gasteiger partial charge >= 0.3 is 5.97 Å². The molecule has 1 aliphatic heterocycles. The number of hydrogen-bond donors (Lipinski definition) is 1. The van der Waals surface area contributed by atoms with Crippen molar-refractivity contribution in [2.45, 2.75) is 19.7 Å². The molecule has 41 heavy (non-hydrogen) atoms. The van der Waals surface area contributed by atoms with Crippen molar-refractivity contribution in [1.82, 2.24) is 24.8 Å². The number of H-pyrrole nitrogens is 1. The van der Waals surface area contributed by atoms with E-state index in [4.69, 9.17) is 14.5 Å². The van der Waals surface area contributed by atoms with E-state index in [-0.39, 0.29) is 5.97 Å². The molecule has 1 saturated heterocycles. The number of ether oxygens (including phenoxy) is 2. The van der Waals surface area contributed by atoms with Gasteiger partial charge in [0.15, 0.2) is 0 Å². The Balaban J connectivity index is 1.02. The Bertz CT molecular complexity index is 1610. The number of benzene rings is 3. The van der Waals surface area contributed by atoms with Gasteiger partial charge in [-0.15, -0.1) is 0 Å². The smallest absolute Gasteiger partial charge is 0.337 e. The Morgan fingerprint density at radius 3 is 2.39 bits per heavy atom. The van der Waals surface area contributed by atoms with Gasteiger partial charge < -0.3 is 14.5 Å². The lowest BCUT2D eigenvalue weighted by Crippen LogP contribution is -2.45. The number of para-hydroxylation sites is 1. The van der Waals surface area contributed by atoms with Crippen LogP contribution in [0, 0.1) is 0 Å². The maximum atomic E-state index is 11.7. The molecule has 1 aliphatic rings. The monoisotopic (exact) mass is 547 g/mol. The first-order valence-corrected chi connectivity index (χ1v) is 13.9. The molecule has 0 aliphatic carbocycles. The molecule has 0 saturated carbocycles. The van der Waals surface area contributed by atoms with Crippen molar-refractivity contribution in [3.8, 4) is 17.1 Å². The minimum Gasteiger partial charge on any atom is -0.489 e. The van der Waals surface area contributed by atoms with Crippen molar-refractivity contribution >= 4 is 17.0 Å². The molecule has 6 rings (SSSR count). The van der Waals surface area contributed by atoms with Gasteiger partial charge in [0.25, 0.3) is 0 Å². The maximum absolute atomic E-state index is 11.7. The predicted octanol–water partition coefficient (Wildman–Crippen LogP) is 5.31. The Labute approximate surface area is 239 Å². The van der Waals surface area contributed by atoms with Crippen molar-refractivity contribution in [1.29, 1.82) is 0 Å². The fraction of sp³-hybridized carbons (Fsp3) is 0.242. The zero-order valence-corrected chi connectivity index (χ0v) is 23.1. The third-order valence-corrected chi connectivity index (χ3v) is 7.49. The van der Waals surface area contributed by atoms with Gasteiger partial charge in [-0.25, -0.2) is 9.78 Å². The number of fused-ring (bicyclic) bond motifs is 1. The lowest BCUT2D eigenvalue weighted by atomic mass is 10.1. The number of esters is 1. The summed E-state index contributed by atoms with van der Waals surface area (Å²) in [5.74, 6) is 1.40. The zero-order valence-electron chi connectivity index (χ0n) is 23.1. The molecule has 0 radical (unpaired) electrons. The number of imidazole rings is 1. The van der Waals surface area contributed by atoms with Crippen LogP contribution >= 0.6 is 0 Å². The standard InChI is InChI=1S/C33H33N5O3/c1-40-33(39)26-11-8-24(9-12-26)23-41-31-7-3-2-5-28(31)22-38-17-15-37(16-18-38)21-25-10-13-29-30(19-25)36-32(35-29)27-6-4-14-34-20-27/h2-14,19-20H,15-18,21-23H2,1H3,(H,35,36). The van der Waals surface area contributed by atoms with Crippen LogP contribution in [0.2, 0.25) is 0 Å². The molecule has 208 valence electrons. The van der Waals surface area contributed by atoms with E-state index in [0.717, 1.165) is 73.0 Å². The van der Waals surface area contributed by atoms with Crippen molar-refractivity contribution in [3.63, 3.8) is 0 Å². The Kier molecular flexibility index (Phi) is 8.02. The van der Waals surface area contributed by atoms with Crippen LogP contribution < -0.4 is 4.74 Å². The first kappa shape index (κ1) is 26.7. The van der Waals surface area contributed by atoms with Crippen LogP contribution in [0.4, 0.5) is 0 Å². The van der Waals surface area contributed by atoms with E-state index in [0.29, 0.717) is 12.2 Å². The van der Waals surface area contributed by atoms with Gasteiger partial charge in [0, 0.05) is 62.8 Å². The molecule has 8 nitrogen and oxygen atoms in total. The van der Waals surface area contributed by atoms with E-state index in [1.807, 2.05) is 42.6 Å². The molecule has 0 unspecified atom stereocenters. The number of carbonyl (C=O) groups is 1. The van der Waals surface area contributed by atoms with Crippen LogP contribution in [-0.2, 0) is 24.4 Å². The van der Waals surface area contributed by atoms with Crippen molar-refractivity contribution < 1.29 is 14.3 Å². The summed E-state index contributed by atoms with van der Waals surface area (Å²) in [5, 5.41) is 0. The number of nitrogens with one attached hydrogen (secondary N) is 1. The molecular formula is C33H33N5O3. The molecule has 1 fully saturated rings. The van der Waals surface area contributed by atoms with Gasteiger partial charge in [0.1, 0.15) is 18.2 Å². The second-order valence-electron chi connectivity index (χ2n) is 10.3. The molecule has 8 heteroatoms. The summed E-state index contributed by atoms with van der Waals surface area (Å²) in [7, 11) is 1.39. The number of rotatable bonds is 9. The normalized spacial score (nSPS) is 14.3. The topological polar surface area (TPSA) is 83.6 Å². The summed E-state index contributed by atoms with van der Waals surface area (Å²) in [5.41, 5.74) is 7.01. The van der Waals surface area contributed by atoms with E-state index in [9.17, 15) is 4.79 Å². The highest BCUT2D eigenvalue weighted by Crippen LogP contribution is 2.24. The Morgan fingerprint density at radius 1 is 0.878 bits per heavy atom. The lowest BCUT2D eigenvalue weighted by Gasteiger charge is -2.35. The number of piperazine rings is 1. The second kappa shape index (κ2) is 12.3. The van der Waals surface area contributed by atoms with Crippen LogP contribution in [0.25, 0.3) is 22.4 Å². The highest BCUT2D eigenvalue weighted by atomic mass is 16.5. The number of aromatic nitrogens is 3. The second-order valence-corrected chi connectivity index (χ2v) is 10.3. The third kappa shape index (κ3) is 6.45. The van der Waals surface area contributed by atoms with Crippen LogP contribution in [0.1, 0.15) is 27.0 Å². The van der Waals surface area contributed by atoms with Crippen molar-refractivity contribution in [3.05, 3.63) is 114 Å². The number of carbonyl (C=O) groups excluding carboxylic acids is 1. The summed E-state index contributed by atoms with van der Waals surface area (Å²) >= 11 is 0. The van der Waals surface area contributed by atoms with E-state index in [1.165, 1.54) is 18.2 Å². The van der Waals surface area contributed by atoms with Gasteiger partial charge in [-0.3, -0.25) is 14.8 Å². The molecule has 0 bridgehead atoms. The fourth-order valence-electron chi connectivity index (χ4n) is 5.19. The fourth-order valence-corrected chi connectivity index (χ4v) is 5.19. The Morgan fingerprint density at radius 2 is 1.63 bits per heavy atom. The lowest BCUT2D eigenvalue weighted by molar-refractivity contribution is 0.0600. The number of hydrogen-bond acceptors (Lipinski definition) is 7. The molecular weight excluding hydrogens is 514 g/mol. The minimum absolute atomic E-state index is 0.336. The zero-order chi connectivity index (χ0) is 28.0. The summed E-state index contributed by atoms with van der Waals surface area (Å²) in [6.07, 6.45) is 3.60. The van der Waals surface area contributed by atoms with Gasteiger partial charge in [-0.1, -0.05) is 36.4 Å². The molecule has 5 aromatic rings. The third-order valence-electron chi connectivity index (χ3n) is 7.49. The summed E-state index contributed by atoms with van der Waals surface area (Å²) in [6, 6.07) is 26.0. The summed E-state index contributed by atoms with van der Waals surface area (Å²) < 4.78 is 11.0. The summed E-state index contributed by atoms with van der Waals surface area (Å²) in [4.78, 5) is 29.1. The van der Waals surface area contributed by atoms with Crippen LogP contribution in [0.5, 0.6) is 5.75 Å². The maximum Gasteiger partial charge on any atom is 0.337 e. The highest BCUT2D eigenvalue weighted by Gasteiger charge is 2.19. The molecule has 0 amide bonds. The van der Waals surface area contributed by atoms with Gasteiger partial charge in [0.2, 0.25) is 0 Å². The average Bonchev–Trinajstić information content (AvgIpc) is 3.45. The van der Waals surface area contributed by atoms with E-state index in [2.05, 4.69) is 50.1 Å². The van der Waals surface area contributed by atoms with Crippen molar-refractivity contribution in [2.75, 3.05) is 33.3 Å². The van der Waals surface area contributed by atoms with E-state index < -0.39 is 0 Å². The molecule has 2 aromatic heterocycles. The van der Waals surface area contributed by atoms with Crippen molar-refractivity contribution in [2.24, 2.45) is 0 Å². The molecule has 3 heterocycles. The minimum atomic E-state index is -0.336. The number of pyridine rings is 1. The van der Waals surface area contributed by atoms with Crippen LogP contribution in [0.15, 0.2) is 91.3 Å². The number of nitrogens with zero attached hydrogens (tertiary/aromatic N) is 4. The Hall–Kier alpha value is -4.53. The molecule has 0 atom stereocenters. The molecule has 3 aromatic carbocycles. The van der Waals surface area contributed by atoms with Gasteiger partial charge in [-0.05, 0) is 53.6 Å². The predicted molar refractivity (Wildman–Crippen MR) is 158 cm³/mol. The first-order valence-electron chi connectivity index (χ1n) is 13.9. The first-order chi connectivity index (χ1) is 20.1. The van der Waals surface area contributed by atoms with Gasteiger partial charge in [-0.2, -0.15) is 0 Å². The van der Waals surface area contributed by atoms with E-state index >= 15 is 0 Å². The van der Waals surface area contributed by atoms with Crippen LogP contribution in [-0.4, -0.2) is 64.0 Å². The molecule has 1 N–H and O–H groups in total. The van der Waals surface area contributed by atoms with Crippen LogP contribution in [0.3, 0.4) is 0 Å². The molecule has 0 spiro atoms. The van der Waals surface area contributed by atoms with Gasteiger partial charge in [0.05, 0.1) is 23.7 Å². The van der Waals surface area contributed by atoms with E-state index in [1.54, 1.807) is 18.3 Å². The largest absolute Gasteiger partial charge is 0.489 e. The highest BCUT2D eigenvalue weighted by molar-refractivity contribution is 5.89. The summed E-state index contributed by atoms with van der Waals surface area (Å²) in [6.45, 7) is 6.23. The SMILES string of the molecule is COC(=O)c1ccc(COc2ccccc2CN2CCN(Cc3ccc4nc(-c5cccnc5)[nH]c4c3)CC2)cc1. The number of aromatic amines is 1. The number of methoxy groups -OCH3 is 1. The average molecular weight is 548 g/mol. The quantitative estimate of drug-likeness (QED) is 0.251.